The first-order valence-corrected chi connectivity index (χ1v) is 6.75. The minimum absolute atomic E-state index is 0.374. The number of carboxylic acid groups (broad SMARTS) is 1. The molecule has 1 aromatic rings. The molecule has 3 atom stereocenters. The lowest BCUT2D eigenvalue weighted by Crippen LogP contribution is -2.36. The van der Waals surface area contributed by atoms with Crippen LogP contribution in [0.2, 0.25) is 0 Å². The average Bonchev–Trinajstić information content (AvgIpc) is 3.02. The highest BCUT2D eigenvalue weighted by Gasteiger charge is 2.40. The first kappa shape index (κ1) is 11.2. The average molecular weight is 253 g/mol. The van der Waals surface area contributed by atoms with E-state index < -0.39 is 5.97 Å². The van der Waals surface area contributed by atoms with E-state index in [4.69, 9.17) is 9.84 Å². The molecule has 2 bridgehead atoms. The van der Waals surface area contributed by atoms with Gasteiger partial charge in [-0.25, -0.2) is 4.79 Å². The Morgan fingerprint density at radius 1 is 1.53 bits per heavy atom. The molecular formula is C12H15NO3S. The van der Waals surface area contributed by atoms with Crippen molar-refractivity contribution in [2.24, 2.45) is 0 Å². The Morgan fingerprint density at radius 2 is 2.41 bits per heavy atom. The van der Waals surface area contributed by atoms with Gasteiger partial charge in [-0.15, -0.1) is 11.3 Å². The predicted octanol–water partition coefficient (Wildman–Crippen LogP) is 1.86. The summed E-state index contributed by atoms with van der Waals surface area (Å²) >= 11 is 1.34. The Labute approximate surface area is 104 Å². The standard InChI is InChI=1S/C12H15NO3S/c14-12(15)11-4-2-8(17-11)6-13-9-5-7-1-3-10(9)16-7/h2,4,7,9-10,13H,1,3,5-6H2,(H,14,15). The van der Waals surface area contributed by atoms with E-state index in [2.05, 4.69) is 5.32 Å². The maximum Gasteiger partial charge on any atom is 0.345 e. The highest BCUT2D eigenvalue weighted by Crippen LogP contribution is 2.34. The van der Waals surface area contributed by atoms with Crippen molar-refractivity contribution in [1.29, 1.82) is 0 Å². The van der Waals surface area contributed by atoms with E-state index in [0.717, 1.165) is 24.3 Å². The Hall–Kier alpha value is -0.910. The van der Waals surface area contributed by atoms with Gasteiger partial charge in [0.15, 0.2) is 0 Å². The Morgan fingerprint density at radius 3 is 3.00 bits per heavy atom. The summed E-state index contributed by atoms with van der Waals surface area (Å²) in [5.41, 5.74) is 0. The summed E-state index contributed by atoms with van der Waals surface area (Å²) in [6.07, 6.45) is 4.29. The van der Waals surface area contributed by atoms with Gasteiger partial charge in [0.05, 0.1) is 12.2 Å². The number of hydrogen-bond acceptors (Lipinski definition) is 4. The fourth-order valence-electron chi connectivity index (χ4n) is 2.67. The van der Waals surface area contributed by atoms with E-state index in [1.807, 2.05) is 6.07 Å². The van der Waals surface area contributed by atoms with Crippen molar-refractivity contribution in [3.8, 4) is 0 Å². The number of ether oxygens (including phenoxy) is 1. The SMILES string of the molecule is O=C(O)c1ccc(CNC2CC3CCC2O3)s1. The zero-order valence-corrected chi connectivity index (χ0v) is 10.2. The third-order valence-corrected chi connectivity index (χ3v) is 4.59. The van der Waals surface area contributed by atoms with Crippen LogP contribution in [-0.4, -0.2) is 29.3 Å². The van der Waals surface area contributed by atoms with Crippen molar-refractivity contribution in [3.05, 3.63) is 21.9 Å². The molecule has 0 aromatic carbocycles. The summed E-state index contributed by atoms with van der Waals surface area (Å²) in [7, 11) is 0. The Balaban J connectivity index is 1.55. The van der Waals surface area contributed by atoms with Crippen molar-refractivity contribution in [2.45, 2.75) is 44.1 Å². The number of rotatable bonds is 4. The lowest BCUT2D eigenvalue weighted by atomic mass is 9.95. The summed E-state index contributed by atoms with van der Waals surface area (Å²) in [5.74, 6) is -0.843. The molecule has 1 aromatic heterocycles. The summed E-state index contributed by atoms with van der Waals surface area (Å²) in [5, 5.41) is 12.3. The van der Waals surface area contributed by atoms with Crippen molar-refractivity contribution >= 4 is 17.3 Å². The van der Waals surface area contributed by atoms with E-state index in [9.17, 15) is 4.79 Å². The predicted molar refractivity (Wildman–Crippen MR) is 64.4 cm³/mol. The normalized spacial score (nSPS) is 30.9. The highest BCUT2D eigenvalue weighted by molar-refractivity contribution is 7.13. The van der Waals surface area contributed by atoms with Crippen LogP contribution in [0.4, 0.5) is 0 Å². The van der Waals surface area contributed by atoms with Crippen LogP contribution in [0.5, 0.6) is 0 Å². The molecule has 3 heterocycles. The van der Waals surface area contributed by atoms with Gasteiger partial charge < -0.3 is 15.2 Å². The van der Waals surface area contributed by atoms with E-state index in [1.54, 1.807) is 6.07 Å². The third-order valence-electron chi connectivity index (χ3n) is 3.52. The molecule has 2 N–H and O–H groups in total. The Bertz CT molecular complexity index is 431. The lowest BCUT2D eigenvalue weighted by molar-refractivity contribution is 0.0702. The number of carbonyl (C=O) groups is 1. The highest BCUT2D eigenvalue weighted by atomic mass is 32.1. The molecule has 2 fully saturated rings. The lowest BCUT2D eigenvalue weighted by Gasteiger charge is -2.19. The molecule has 2 saturated heterocycles. The zero-order valence-electron chi connectivity index (χ0n) is 9.39. The van der Waals surface area contributed by atoms with Crippen LogP contribution in [0.1, 0.15) is 33.8 Å². The van der Waals surface area contributed by atoms with Crippen LogP contribution < -0.4 is 5.32 Å². The van der Waals surface area contributed by atoms with Gasteiger partial charge in [-0.05, 0) is 31.4 Å². The number of carboxylic acids is 1. The fraction of sp³-hybridized carbons (Fsp3) is 0.583. The number of hydrogen-bond donors (Lipinski definition) is 2. The second-order valence-electron chi connectivity index (χ2n) is 4.67. The van der Waals surface area contributed by atoms with Crippen LogP contribution in [0, 0.1) is 0 Å². The number of nitrogens with one attached hydrogen (secondary N) is 1. The molecule has 92 valence electrons. The summed E-state index contributed by atoms with van der Waals surface area (Å²) in [4.78, 5) is 12.2. The van der Waals surface area contributed by atoms with E-state index in [1.165, 1.54) is 17.8 Å². The molecule has 3 unspecified atom stereocenters. The molecule has 2 aliphatic rings. The van der Waals surface area contributed by atoms with Crippen molar-refractivity contribution in [1.82, 2.24) is 5.32 Å². The van der Waals surface area contributed by atoms with Gasteiger partial charge in [0.2, 0.25) is 0 Å². The summed E-state index contributed by atoms with van der Waals surface area (Å²) in [6.45, 7) is 0.745. The van der Waals surface area contributed by atoms with Gasteiger partial charge >= 0.3 is 5.97 Å². The molecule has 0 amide bonds. The molecule has 3 rings (SSSR count). The van der Waals surface area contributed by atoms with Crippen LogP contribution in [0.3, 0.4) is 0 Å². The molecule has 0 saturated carbocycles. The first-order chi connectivity index (χ1) is 8.22. The molecule has 17 heavy (non-hydrogen) atoms. The number of thiophene rings is 1. The minimum Gasteiger partial charge on any atom is -0.477 e. The number of aromatic carboxylic acids is 1. The molecular weight excluding hydrogens is 238 g/mol. The maximum atomic E-state index is 10.7. The monoisotopic (exact) mass is 253 g/mol. The molecule has 4 nitrogen and oxygen atoms in total. The van der Waals surface area contributed by atoms with Gasteiger partial charge in [-0.1, -0.05) is 0 Å². The smallest absolute Gasteiger partial charge is 0.345 e. The van der Waals surface area contributed by atoms with E-state index in [0.29, 0.717) is 23.1 Å². The largest absolute Gasteiger partial charge is 0.477 e. The van der Waals surface area contributed by atoms with Gasteiger partial charge in [0.25, 0.3) is 0 Å². The quantitative estimate of drug-likeness (QED) is 0.860. The van der Waals surface area contributed by atoms with Crippen molar-refractivity contribution in [3.63, 3.8) is 0 Å². The summed E-state index contributed by atoms with van der Waals surface area (Å²) < 4.78 is 5.76. The van der Waals surface area contributed by atoms with Gasteiger partial charge in [0, 0.05) is 17.5 Å². The van der Waals surface area contributed by atoms with Crippen LogP contribution in [0.25, 0.3) is 0 Å². The van der Waals surface area contributed by atoms with Crippen LogP contribution >= 0.6 is 11.3 Å². The van der Waals surface area contributed by atoms with Crippen molar-refractivity contribution in [2.75, 3.05) is 0 Å². The third kappa shape index (κ3) is 2.22. The molecule has 0 radical (unpaired) electrons. The van der Waals surface area contributed by atoms with Gasteiger partial charge in [-0.3, -0.25) is 0 Å². The second kappa shape index (κ2) is 4.40. The molecule has 2 aliphatic heterocycles. The van der Waals surface area contributed by atoms with Gasteiger partial charge in [-0.2, -0.15) is 0 Å². The van der Waals surface area contributed by atoms with Gasteiger partial charge in [0.1, 0.15) is 4.88 Å². The molecule has 5 heteroatoms. The van der Waals surface area contributed by atoms with Crippen LogP contribution in [-0.2, 0) is 11.3 Å². The second-order valence-corrected chi connectivity index (χ2v) is 5.84. The van der Waals surface area contributed by atoms with Crippen molar-refractivity contribution < 1.29 is 14.6 Å². The first-order valence-electron chi connectivity index (χ1n) is 5.93. The van der Waals surface area contributed by atoms with E-state index >= 15 is 0 Å². The maximum absolute atomic E-state index is 10.7. The Kier molecular flexibility index (Phi) is 2.90. The number of fused-ring (bicyclic) bond motifs is 2. The minimum atomic E-state index is -0.843. The topological polar surface area (TPSA) is 58.6 Å². The molecule has 0 aliphatic carbocycles. The zero-order chi connectivity index (χ0) is 11.8. The fourth-order valence-corrected chi connectivity index (χ4v) is 3.47. The molecule has 0 spiro atoms. The van der Waals surface area contributed by atoms with E-state index in [-0.39, 0.29) is 0 Å². The summed E-state index contributed by atoms with van der Waals surface area (Å²) in [6, 6.07) is 4.00. The van der Waals surface area contributed by atoms with Crippen LogP contribution in [0.15, 0.2) is 12.1 Å².